The third kappa shape index (κ3) is 4.58. The molecule has 0 fully saturated rings. The molecule has 0 saturated heterocycles. The smallest absolute Gasteiger partial charge is 0.413 e. The summed E-state index contributed by atoms with van der Waals surface area (Å²) in [6.45, 7) is 2.04. The summed E-state index contributed by atoms with van der Waals surface area (Å²) in [4.78, 5) is 13.1. The van der Waals surface area contributed by atoms with Gasteiger partial charge in [-0.05, 0) is 43.4 Å². The van der Waals surface area contributed by atoms with Crippen LogP contribution in [0, 0.1) is 0 Å². The van der Waals surface area contributed by atoms with Crippen molar-refractivity contribution in [2.75, 3.05) is 30.9 Å². The normalized spacial score (nSPS) is 9.50. The Labute approximate surface area is 112 Å². The highest BCUT2D eigenvalue weighted by Crippen LogP contribution is 2.15. The minimum absolute atomic E-state index is 0.214. The number of amides is 1. The van der Waals surface area contributed by atoms with Crippen LogP contribution in [-0.2, 0) is 4.74 Å². The van der Waals surface area contributed by atoms with Gasteiger partial charge in [-0.15, -0.1) is 0 Å². The molecule has 0 radical (unpaired) electrons. The third-order valence-electron chi connectivity index (χ3n) is 2.13. The highest BCUT2D eigenvalue weighted by molar-refractivity contribution is 7.80. The molecule has 98 valence electrons. The number of thiocarbonyl (C=S) groups is 1. The van der Waals surface area contributed by atoms with Crippen LogP contribution in [0.3, 0.4) is 0 Å². The molecule has 1 rings (SSSR count). The quantitative estimate of drug-likeness (QED) is 0.822. The Morgan fingerprint density at radius 3 is 2.44 bits per heavy atom. The number of hydrogen-bond donors (Lipinski definition) is 2. The van der Waals surface area contributed by atoms with Gasteiger partial charge in [0.1, 0.15) is 0 Å². The predicted molar refractivity (Wildman–Crippen MR) is 77.1 cm³/mol. The standard InChI is InChI=1S/C12H17N3O2S/c1-4-17-12(16)14-11(18)13-9-5-7-10(8-6-9)15(2)3/h5-8H,4H2,1-3H3,(H2,13,14,16,18). The maximum Gasteiger partial charge on any atom is 0.413 e. The van der Waals surface area contributed by atoms with Crippen LogP contribution in [-0.4, -0.2) is 31.9 Å². The van der Waals surface area contributed by atoms with Crippen molar-refractivity contribution in [1.29, 1.82) is 0 Å². The van der Waals surface area contributed by atoms with Crippen molar-refractivity contribution in [1.82, 2.24) is 5.32 Å². The van der Waals surface area contributed by atoms with Gasteiger partial charge < -0.3 is 15.0 Å². The summed E-state index contributed by atoms with van der Waals surface area (Å²) in [6.07, 6.45) is -0.556. The van der Waals surface area contributed by atoms with Crippen LogP contribution in [0.4, 0.5) is 16.2 Å². The van der Waals surface area contributed by atoms with E-state index in [0.717, 1.165) is 11.4 Å². The van der Waals surface area contributed by atoms with Crippen LogP contribution < -0.4 is 15.5 Å². The molecule has 0 heterocycles. The van der Waals surface area contributed by atoms with E-state index in [1.807, 2.05) is 43.3 Å². The molecule has 1 aromatic rings. The van der Waals surface area contributed by atoms with E-state index in [0.29, 0.717) is 6.61 Å². The topological polar surface area (TPSA) is 53.6 Å². The molecule has 18 heavy (non-hydrogen) atoms. The molecule has 1 amide bonds. The number of carbonyl (C=O) groups excluding carboxylic acids is 1. The zero-order chi connectivity index (χ0) is 13.5. The number of hydrogen-bond acceptors (Lipinski definition) is 4. The minimum atomic E-state index is -0.556. The molecule has 0 atom stereocenters. The lowest BCUT2D eigenvalue weighted by Gasteiger charge is -2.13. The molecular formula is C12H17N3O2S. The SMILES string of the molecule is CCOC(=O)NC(=S)Nc1ccc(N(C)C)cc1. The van der Waals surface area contributed by atoms with Crippen LogP contribution in [0.1, 0.15) is 6.92 Å². The molecule has 0 bridgehead atoms. The number of rotatable bonds is 3. The monoisotopic (exact) mass is 267 g/mol. The van der Waals surface area contributed by atoms with Gasteiger partial charge in [0.2, 0.25) is 0 Å². The van der Waals surface area contributed by atoms with Gasteiger partial charge in [0.25, 0.3) is 0 Å². The van der Waals surface area contributed by atoms with Crippen molar-refractivity contribution in [2.24, 2.45) is 0 Å². The number of benzene rings is 1. The lowest BCUT2D eigenvalue weighted by Crippen LogP contribution is -2.34. The zero-order valence-corrected chi connectivity index (χ0v) is 11.5. The van der Waals surface area contributed by atoms with E-state index in [2.05, 4.69) is 10.6 Å². The number of nitrogens with one attached hydrogen (secondary N) is 2. The van der Waals surface area contributed by atoms with Crippen molar-refractivity contribution in [3.8, 4) is 0 Å². The molecule has 0 unspecified atom stereocenters. The highest BCUT2D eigenvalue weighted by Gasteiger charge is 2.04. The van der Waals surface area contributed by atoms with E-state index in [-0.39, 0.29) is 5.11 Å². The van der Waals surface area contributed by atoms with E-state index < -0.39 is 6.09 Å². The molecule has 0 aliphatic rings. The molecule has 0 aliphatic heterocycles. The van der Waals surface area contributed by atoms with Gasteiger partial charge in [-0.2, -0.15) is 0 Å². The molecule has 6 heteroatoms. The van der Waals surface area contributed by atoms with Gasteiger partial charge in [-0.25, -0.2) is 4.79 Å². The molecule has 0 spiro atoms. The van der Waals surface area contributed by atoms with Crippen molar-refractivity contribution in [2.45, 2.75) is 6.92 Å². The summed E-state index contributed by atoms with van der Waals surface area (Å²) in [6, 6.07) is 7.67. The number of carbonyl (C=O) groups is 1. The van der Waals surface area contributed by atoms with Gasteiger partial charge in [0, 0.05) is 25.5 Å². The van der Waals surface area contributed by atoms with Crippen LogP contribution in [0.15, 0.2) is 24.3 Å². The summed E-state index contributed by atoms with van der Waals surface area (Å²) >= 11 is 4.98. The zero-order valence-electron chi connectivity index (χ0n) is 10.7. The van der Waals surface area contributed by atoms with E-state index >= 15 is 0 Å². The van der Waals surface area contributed by atoms with Gasteiger partial charge >= 0.3 is 6.09 Å². The minimum Gasteiger partial charge on any atom is -0.450 e. The molecule has 0 saturated carbocycles. The van der Waals surface area contributed by atoms with Crippen molar-refractivity contribution in [3.05, 3.63) is 24.3 Å². The Bertz CT molecular complexity index is 418. The summed E-state index contributed by atoms with van der Waals surface area (Å²) in [5.41, 5.74) is 1.90. The van der Waals surface area contributed by atoms with E-state index in [1.54, 1.807) is 6.92 Å². The van der Waals surface area contributed by atoms with Crippen molar-refractivity contribution >= 4 is 34.8 Å². The van der Waals surface area contributed by atoms with Crippen LogP contribution in [0.5, 0.6) is 0 Å². The van der Waals surface area contributed by atoms with Crippen LogP contribution in [0.25, 0.3) is 0 Å². The molecule has 1 aromatic carbocycles. The van der Waals surface area contributed by atoms with E-state index in [4.69, 9.17) is 17.0 Å². The molecule has 5 nitrogen and oxygen atoms in total. The number of ether oxygens (including phenoxy) is 1. The molecular weight excluding hydrogens is 250 g/mol. The third-order valence-corrected chi connectivity index (χ3v) is 2.34. The second-order valence-corrected chi connectivity index (χ2v) is 4.15. The Hall–Kier alpha value is -1.82. The van der Waals surface area contributed by atoms with Crippen molar-refractivity contribution in [3.63, 3.8) is 0 Å². The Morgan fingerprint density at radius 1 is 1.33 bits per heavy atom. The first-order valence-corrected chi connectivity index (χ1v) is 5.96. The van der Waals surface area contributed by atoms with Gasteiger partial charge in [-0.1, -0.05) is 0 Å². The lowest BCUT2D eigenvalue weighted by molar-refractivity contribution is 0.158. The highest BCUT2D eigenvalue weighted by atomic mass is 32.1. The number of anilines is 2. The fourth-order valence-electron chi connectivity index (χ4n) is 1.27. The fourth-order valence-corrected chi connectivity index (χ4v) is 1.47. The number of alkyl carbamates (subject to hydrolysis) is 1. The summed E-state index contributed by atoms with van der Waals surface area (Å²) in [5.74, 6) is 0. The van der Waals surface area contributed by atoms with Gasteiger partial charge in [0.15, 0.2) is 5.11 Å². The Balaban J connectivity index is 2.52. The largest absolute Gasteiger partial charge is 0.450 e. The molecule has 2 N–H and O–H groups in total. The first-order valence-electron chi connectivity index (χ1n) is 5.55. The molecule has 0 aromatic heterocycles. The summed E-state index contributed by atoms with van der Waals surface area (Å²) in [5, 5.41) is 5.53. The summed E-state index contributed by atoms with van der Waals surface area (Å²) < 4.78 is 4.72. The molecule has 0 aliphatic carbocycles. The summed E-state index contributed by atoms with van der Waals surface area (Å²) in [7, 11) is 3.94. The van der Waals surface area contributed by atoms with Crippen molar-refractivity contribution < 1.29 is 9.53 Å². The van der Waals surface area contributed by atoms with Crippen LogP contribution >= 0.6 is 12.2 Å². The lowest BCUT2D eigenvalue weighted by atomic mass is 10.2. The van der Waals surface area contributed by atoms with E-state index in [9.17, 15) is 4.79 Å². The second-order valence-electron chi connectivity index (χ2n) is 3.74. The maximum absolute atomic E-state index is 11.1. The van der Waals surface area contributed by atoms with Crippen LogP contribution in [0.2, 0.25) is 0 Å². The number of nitrogens with zero attached hydrogens (tertiary/aromatic N) is 1. The second kappa shape index (κ2) is 6.80. The van der Waals surface area contributed by atoms with Gasteiger partial charge in [0.05, 0.1) is 6.61 Å². The van der Waals surface area contributed by atoms with E-state index in [1.165, 1.54) is 0 Å². The van der Waals surface area contributed by atoms with Gasteiger partial charge in [-0.3, -0.25) is 5.32 Å². The average molecular weight is 267 g/mol. The average Bonchev–Trinajstić information content (AvgIpc) is 2.29. The predicted octanol–water partition coefficient (Wildman–Crippen LogP) is 2.20. The Kier molecular flexibility index (Phi) is 5.38. The first kappa shape index (κ1) is 14.2. The first-order chi connectivity index (χ1) is 8.52. The maximum atomic E-state index is 11.1. The fraction of sp³-hybridized carbons (Fsp3) is 0.333. The Morgan fingerprint density at radius 2 is 1.94 bits per heavy atom.